The van der Waals surface area contributed by atoms with Crippen LogP contribution in [-0.2, 0) is 13.1 Å². The minimum Gasteiger partial charge on any atom is -0.308 e. The molecule has 2 aromatic rings. The van der Waals surface area contributed by atoms with Crippen molar-refractivity contribution < 1.29 is 8.78 Å². The highest BCUT2D eigenvalue weighted by molar-refractivity contribution is 9.10. The number of nitrogens with zero attached hydrogens (tertiary/aromatic N) is 1. The Hall–Kier alpha value is -1.77. The van der Waals surface area contributed by atoms with Crippen LogP contribution in [-0.4, -0.2) is 0 Å². The van der Waals surface area contributed by atoms with Crippen LogP contribution in [0.25, 0.3) is 0 Å². The van der Waals surface area contributed by atoms with Gasteiger partial charge in [0, 0.05) is 23.1 Å². The smallest absolute Gasteiger partial charge is 0.131 e. The van der Waals surface area contributed by atoms with Crippen molar-refractivity contribution in [2.75, 3.05) is 0 Å². The molecular formula is C15H11BrF2N2. The maximum Gasteiger partial charge on any atom is 0.131 e. The zero-order valence-electron chi connectivity index (χ0n) is 10.5. The molecule has 0 amide bonds. The molecule has 0 saturated heterocycles. The molecule has 0 saturated carbocycles. The van der Waals surface area contributed by atoms with Gasteiger partial charge in [-0.3, -0.25) is 0 Å². The van der Waals surface area contributed by atoms with E-state index in [-0.39, 0.29) is 17.7 Å². The van der Waals surface area contributed by atoms with Crippen molar-refractivity contribution in [1.29, 1.82) is 5.26 Å². The highest BCUT2D eigenvalue weighted by Gasteiger charge is 2.11. The second-order valence-electron chi connectivity index (χ2n) is 4.23. The molecule has 0 spiro atoms. The van der Waals surface area contributed by atoms with Crippen LogP contribution in [0.4, 0.5) is 8.78 Å². The van der Waals surface area contributed by atoms with Crippen LogP contribution in [0.3, 0.4) is 0 Å². The topological polar surface area (TPSA) is 35.8 Å². The highest BCUT2D eigenvalue weighted by Crippen LogP contribution is 2.17. The van der Waals surface area contributed by atoms with Gasteiger partial charge in [0.15, 0.2) is 0 Å². The summed E-state index contributed by atoms with van der Waals surface area (Å²) in [5.41, 5.74) is 0.924. The Morgan fingerprint density at radius 3 is 2.35 bits per heavy atom. The number of nitrogens with one attached hydrogen (secondary N) is 1. The Morgan fingerprint density at radius 1 is 1.10 bits per heavy atom. The normalized spacial score (nSPS) is 10.3. The fourth-order valence-electron chi connectivity index (χ4n) is 1.80. The zero-order chi connectivity index (χ0) is 14.5. The van der Waals surface area contributed by atoms with E-state index in [4.69, 9.17) is 5.26 Å². The first kappa shape index (κ1) is 14.6. The Labute approximate surface area is 124 Å². The molecule has 0 aliphatic carbocycles. The van der Waals surface area contributed by atoms with Gasteiger partial charge in [-0.1, -0.05) is 34.1 Å². The maximum absolute atomic E-state index is 13.7. The molecule has 0 atom stereocenters. The first-order chi connectivity index (χ1) is 9.61. The molecule has 2 nitrogen and oxygen atoms in total. The molecule has 5 heteroatoms. The SMILES string of the molecule is N#Cc1cc(F)c(CNCc2ccccc2Br)c(F)c1. The van der Waals surface area contributed by atoms with E-state index in [1.807, 2.05) is 24.3 Å². The van der Waals surface area contributed by atoms with E-state index in [1.54, 1.807) is 6.07 Å². The van der Waals surface area contributed by atoms with Gasteiger partial charge in [0.2, 0.25) is 0 Å². The van der Waals surface area contributed by atoms with Gasteiger partial charge in [-0.25, -0.2) is 8.78 Å². The largest absolute Gasteiger partial charge is 0.308 e. The lowest BCUT2D eigenvalue weighted by Gasteiger charge is -2.09. The van der Waals surface area contributed by atoms with Gasteiger partial charge in [0.1, 0.15) is 11.6 Å². The van der Waals surface area contributed by atoms with Crippen molar-refractivity contribution in [1.82, 2.24) is 5.32 Å². The summed E-state index contributed by atoms with van der Waals surface area (Å²) in [6.07, 6.45) is 0. The van der Waals surface area contributed by atoms with Gasteiger partial charge in [0.05, 0.1) is 11.6 Å². The van der Waals surface area contributed by atoms with Crippen molar-refractivity contribution in [3.8, 4) is 6.07 Å². The molecule has 0 fully saturated rings. The number of rotatable bonds is 4. The van der Waals surface area contributed by atoms with Gasteiger partial charge >= 0.3 is 0 Å². The summed E-state index contributed by atoms with van der Waals surface area (Å²) in [7, 11) is 0. The summed E-state index contributed by atoms with van der Waals surface area (Å²) in [5.74, 6) is -1.41. The van der Waals surface area contributed by atoms with Crippen LogP contribution in [0.2, 0.25) is 0 Å². The summed E-state index contributed by atoms with van der Waals surface area (Å²) in [4.78, 5) is 0. The fraction of sp³-hybridized carbons (Fsp3) is 0.133. The van der Waals surface area contributed by atoms with Gasteiger partial charge in [0.25, 0.3) is 0 Å². The molecular weight excluding hydrogens is 326 g/mol. The molecule has 1 N–H and O–H groups in total. The molecule has 20 heavy (non-hydrogen) atoms. The lowest BCUT2D eigenvalue weighted by atomic mass is 10.1. The monoisotopic (exact) mass is 336 g/mol. The standard InChI is InChI=1S/C15H11BrF2N2/c16-13-4-2-1-3-11(13)8-20-9-12-14(17)5-10(7-19)6-15(12)18/h1-6,20H,8-9H2. The molecule has 0 aromatic heterocycles. The van der Waals surface area contributed by atoms with E-state index in [0.29, 0.717) is 6.54 Å². The molecule has 0 aliphatic heterocycles. The van der Waals surface area contributed by atoms with Crippen LogP contribution >= 0.6 is 15.9 Å². The summed E-state index contributed by atoms with van der Waals surface area (Å²) < 4.78 is 28.3. The number of nitriles is 1. The van der Waals surface area contributed by atoms with Crippen LogP contribution in [0, 0.1) is 23.0 Å². The van der Waals surface area contributed by atoms with Crippen molar-refractivity contribution in [2.45, 2.75) is 13.1 Å². The minimum absolute atomic E-state index is 0.0189. The lowest BCUT2D eigenvalue weighted by molar-refractivity contribution is 0.534. The summed E-state index contributed by atoms with van der Waals surface area (Å²) in [6, 6.07) is 11.4. The quantitative estimate of drug-likeness (QED) is 0.919. The zero-order valence-corrected chi connectivity index (χ0v) is 12.0. The van der Waals surface area contributed by atoms with Crippen molar-refractivity contribution in [2.24, 2.45) is 0 Å². The van der Waals surface area contributed by atoms with Crippen LogP contribution in [0.5, 0.6) is 0 Å². The number of hydrogen-bond donors (Lipinski definition) is 1. The summed E-state index contributed by atoms with van der Waals surface area (Å²) >= 11 is 3.41. The van der Waals surface area contributed by atoms with Crippen LogP contribution in [0.1, 0.15) is 16.7 Å². The highest BCUT2D eigenvalue weighted by atomic mass is 79.9. The number of benzene rings is 2. The van der Waals surface area contributed by atoms with Gasteiger partial charge in [-0.05, 0) is 23.8 Å². The molecule has 2 rings (SSSR count). The average Bonchev–Trinajstić information content (AvgIpc) is 2.43. The van der Waals surface area contributed by atoms with Crippen molar-refractivity contribution in [3.63, 3.8) is 0 Å². The predicted molar refractivity (Wildman–Crippen MR) is 75.8 cm³/mol. The van der Waals surface area contributed by atoms with Crippen LogP contribution < -0.4 is 5.32 Å². The molecule has 0 heterocycles. The Morgan fingerprint density at radius 2 is 1.75 bits per heavy atom. The third-order valence-corrected chi connectivity index (χ3v) is 3.62. The molecule has 0 aliphatic rings. The van der Waals surface area contributed by atoms with E-state index in [2.05, 4.69) is 21.2 Å². The maximum atomic E-state index is 13.7. The second kappa shape index (κ2) is 6.60. The van der Waals surface area contributed by atoms with Gasteiger partial charge in [-0.15, -0.1) is 0 Å². The molecule has 0 radical (unpaired) electrons. The van der Waals surface area contributed by atoms with E-state index in [1.165, 1.54) is 0 Å². The minimum atomic E-state index is -0.707. The van der Waals surface area contributed by atoms with Crippen molar-refractivity contribution in [3.05, 3.63) is 69.2 Å². The second-order valence-corrected chi connectivity index (χ2v) is 5.08. The molecule has 0 bridgehead atoms. The van der Waals surface area contributed by atoms with E-state index >= 15 is 0 Å². The molecule has 0 unspecified atom stereocenters. The third-order valence-electron chi connectivity index (χ3n) is 2.85. The van der Waals surface area contributed by atoms with E-state index < -0.39 is 11.6 Å². The van der Waals surface area contributed by atoms with Gasteiger partial charge < -0.3 is 5.32 Å². The average molecular weight is 337 g/mol. The van der Waals surface area contributed by atoms with E-state index in [0.717, 1.165) is 22.2 Å². The Kier molecular flexibility index (Phi) is 4.83. The summed E-state index contributed by atoms with van der Waals surface area (Å²) in [6.45, 7) is 0.547. The van der Waals surface area contributed by atoms with E-state index in [9.17, 15) is 8.78 Å². The van der Waals surface area contributed by atoms with Crippen molar-refractivity contribution >= 4 is 15.9 Å². The fourth-order valence-corrected chi connectivity index (χ4v) is 2.23. The summed E-state index contributed by atoms with van der Waals surface area (Å²) in [5, 5.41) is 11.6. The Bertz CT molecular complexity index is 642. The first-order valence-corrected chi connectivity index (χ1v) is 6.73. The van der Waals surface area contributed by atoms with Crippen LogP contribution in [0.15, 0.2) is 40.9 Å². The first-order valence-electron chi connectivity index (χ1n) is 5.94. The lowest BCUT2D eigenvalue weighted by Crippen LogP contribution is -2.15. The van der Waals surface area contributed by atoms with Gasteiger partial charge in [-0.2, -0.15) is 5.26 Å². The Balaban J connectivity index is 2.05. The molecule has 102 valence electrons. The third kappa shape index (κ3) is 3.41. The number of halogens is 3. The predicted octanol–water partition coefficient (Wildman–Crippen LogP) is 3.89. The number of hydrogen-bond acceptors (Lipinski definition) is 2. The molecule has 2 aromatic carbocycles.